The molecule has 36 heavy (non-hydrogen) atoms. The lowest BCUT2D eigenvalue weighted by molar-refractivity contribution is -0.151. The molecule has 0 radical (unpaired) electrons. The van der Waals surface area contributed by atoms with Crippen molar-refractivity contribution in [3.05, 3.63) is 41.5 Å². The highest BCUT2D eigenvalue weighted by atomic mass is 19.4. The molecule has 16 heteroatoms. The van der Waals surface area contributed by atoms with E-state index in [0.29, 0.717) is 12.1 Å². The quantitative estimate of drug-likeness (QED) is 0.411. The van der Waals surface area contributed by atoms with Gasteiger partial charge in [0.2, 0.25) is 5.91 Å². The molecule has 2 heterocycles. The zero-order chi connectivity index (χ0) is 26.8. The maximum Gasteiger partial charge on any atom is 0.419 e. The number of hydrogen-bond acceptors (Lipinski definition) is 5. The summed E-state index contributed by atoms with van der Waals surface area (Å²) in [6.07, 6.45) is -10.2. The third-order valence-electron chi connectivity index (χ3n) is 5.62. The number of nitrogens with zero attached hydrogens (tertiary/aromatic N) is 3. The van der Waals surface area contributed by atoms with E-state index in [1.807, 2.05) is 5.32 Å². The van der Waals surface area contributed by atoms with Crippen LogP contribution < -0.4 is 10.6 Å². The van der Waals surface area contributed by atoms with Crippen molar-refractivity contribution in [1.29, 1.82) is 0 Å². The number of anilines is 1. The van der Waals surface area contributed by atoms with Crippen LogP contribution in [0, 0.1) is 11.7 Å². The molecule has 3 amide bonds. The van der Waals surface area contributed by atoms with E-state index in [2.05, 4.69) is 20.7 Å². The Morgan fingerprint density at radius 3 is 2.47 bits per heavy atom. The number of carbonyl (C=O) groups excluding carboxylic acids is 3. The number of amides is 3. The molecule has 3 rings (SSSR count). The number of carbonyl (C=O) groups is 3. The predicted molar refractivity (Wildman–Crippen MR) is 107 cm³/mol. The number of aromatic nitrogens is 3. The van der Waals surface area contributed by atoms with Crippen molar-refractivity contribution in [2.45, 2.75) is 44.2 Å². The fourth-order valence-corrected chi connectivity index (χ4v) is 3.82. The van der Waals surface area contributed by atoms with Crippen molar-refractivity contribution < 1.29 is 45.1 Å². The molecular weight excluding hydrogens is 505 g/mol. The molecule has 3 N–H and O–H groups in total. The third kappa shape index (κ3) is 6.28. The second-order valence-electron chi connectivity index (χ2n) is 8.06. The van der Waals surface area contributed by atoms with Crippen LogP contribution in [0.15, 0.2) is 24.4 Å². The van der Waals surface area contributed by atoms with Gasteiger partial charge in [0.15, 0.2) is 0 Å². The molecule has 1 unspecified atom stereocenters. The summed E-state index contributed by atoms with van der Waals surface area (Å²) >= 11 is 0. The number of likely N-dealkylation sites (tertiary alicyclic amines) is 1. The molecule has 196 valence electrons. The van der Waals surface area contributed by atoms with Crippen LogP contribution in [0.5, 0.6) is 0 Å². The summed E-state index contributed by atoms with van der Waals surface area (Å²) in [5.74, 6) is -5.83. The Labute approximate surface area is 198 Å². The predicted octanol–water partition coefficient (Wildman–Crippen LogP) is 2.95. The van der Waals surface area contributed by atoms with Crippen LogP contribution in [0.1, 0.15) is 37.1 Å². The Kier molecular flexibility index (Phi) is 7.54. The zero-order valence-electron chi connectivity index (χ0n) is 18.4. The lowest BCUT2D eigenvalue weighted by Gasteiger charge is -2.25. The van der Waals surface area contributed by atoms with Gasteiger partial charge in [0.05, 0.1) is 23.9 Å². The minimum absolute atomic E-state index is 0.0224. The molecular formula is C20H19F7N6O3. The van der Waals surface area contributed by atoms with Gasteiger partial charge in [0, 0.05) is 24.5 Å². The number of alkyl halides is 6. The Morgan fingerprint density at radius 1 is 1.19 bits per heavy atom. The number of halogens is 7. The number of H-pyrrole nitrogens is 1. The Bertz CT molecular complexity index is 1120. The second kappa shape index (κ2) is 10.1. The van der Waals surface area contributed by atoms with Gasteiger partial charge in [0.25, 0.3) is 0 Å². The van der Waals surface area contributed by atoms with Crippen molar-refractivity contribution in [2.24, 2.45) is 5.92 Å². The fraction of sp³-hybridized carbons (Fsp3) is 0.450. The first-order valence-electron chi connectivity index (χ1n) is 10.4. The van der Waals surface area contributed by atoms with Crippen molar-refractivity contribution >= 4 is 23.4 Å². The maximum absolute atomic E-state index is 13.5. The van der Waals surface area contributed by atoms with Gasteiger partial charge in [-0.1, -0.05) is 5.21 Å². The van der Waals surface area contributed by atoms with E-state index in [1.54, 1.807) is 0 Å². The van der Waals surface area contributed by atoms with Gasteiger partial charge in [-0.05, 0) is 31.5 Å². The summed E-state index contributed by atoms with van der Waals surface area (Å²) in [7, 11) is 0. The molecule has 1 aliphatic rings. The van der Waals surface area contributed by atoms with Gasteiger partial charge in [-0.15, -0.1) is 5.10 Å². The minimum atomic E-state index is -4.99. The van der Waals surface area contributed by atoms with Gasteiger partial charge < -0.3 is 15.5 Å². The standard InChI is InChI=1S/C20H19F7N6O3/c1-9-11(16(34)29-10-2-3-13(21)12(6-10)20(25,26)27)4-5-33(9)18(36)17(35)30-14(7-19(22,23)24)15-8-28-32-31-15/h2-3,6,8-9,11,14H,4-5,7H2,1H3,(H,29,34)(H,30,35)(H,28,31,32)/t9-,11-,14?/m0/s1. The van der Waals surface area contributed by atoms with Crippen LogP contribution in [0.3, 0.4) is 0 Å². The Hall–Kier alpha value is -3.72. The monoisotopic (exact) mass is 524 g/mol. The van der Waals surface area contributed by atoms with Gasteiger partial charge in [-0.3, -0.25) is 19.5 Å². The fourth-order valence-electron chi connectivity index (χ4n) is 3.82. The van der Waals surface area contributed by atoms with Crippen LogP contribution in [0.25, 0.3) is 0 Å². The second-order valence-corrected chi connectivity index (χ2v) is 8.06. The van der Waals surface area contributed by atoms with E-state index in [4.69, 9.17) is 0 Å². The van der Waals surface area contributed by atoms with Gasteiger partial charge in [0.1, 0.15) is 11.5 Å². The molecule has 1 aromatic carbocycles. The first-order chi connectivity index (χ1) is 16.7. The molecule has 0 spiro atoms. The normalized spacial score (nSPS) is 19.2. The minimum Gasteiger partial charge on any atom is -0.339 e. The smallest absolute Gasteiger partial charge is 0.339 e. The third-order valence-corrected chi connectivity index (χ3v) is 5.62. The summed E-state index contributed by atoms with van der Waals surface area (Å²) in [5, 5.41) is 13.1. The number of aromatic amines is 1. The van der Waals surface area contributed by atoms with E-state index >= 15 is 0 Å². The van der Waals surface area contributed by atoms with Crippen molar-refractivity contribution in [3.8, 4) is 0 Å². The molecule has 1 saturated heterocycles. The van der Waals surface area contributed by atoms with E-state index in [9.17, 15) is 45.1 Å². The average Bonchev–Trinajstić information content (AvgIpc) is 3.42. The van der Waals surface area contributed by atoms with Crippen molar-refractivity contribution in [1.82, 2.24) is 25.6 Å². The molecule has 2 aromatic rings. The summed E-state index contributed by atoms with van der Waals surface area (Å²) in [6, 6.07) is -0.711. The van der Waals surface area contributed by atoms with Crippen molar-refractivity contribution in [2.75, 3.05) is 11.9 Å². The van der Waals surface area contributed by atoms with Crippen LogP contribution in [-0.4, -0.2) is 56.8 Å². The lowest BCUT2D eigenvalue weighted by atomic mass is 10.0. The van der Waals surface area contributed by atoms with E-state index in [0.717, 1.165) is 17.2 Å². The highest BCUT2D eigenvalue weighted by Crippen LogP contribution is 2.34. The van der Waals surface area contributed by atoms with Gasteiger partial charge in [-0.2, -0.15) is 26.3 Å². The zero-order valence-corrected chi connectivity index (χ0v) is 18.4. The molecule has 0 aliphatic carbocycles. The molecule has 0 bridgehead atoms. The summed E-state index contributed by atoms with van der Waals surface area (Å²) in [5.41, 5.74) is -2.16. The molecule has 0 saturated carbocycles. The van der Waals surface area contributed by atoms with E-state index in [-0.39, 0.29) is 24.3 Å². The summed E-state index contributed by atoms with van der Waals surface area (Å²) < 4.78 is 90.9. The average molecular weight is 524 g/mol. The Balaban J connectivity index is 1.66. The SMILES string of the molecule is C[C@H]1[C@@H](C(=O)Nc2ccc(F)c(C(F)(F)F)c2)CCN1C(=O)C(=O)NC(CC(F)(F)F)c1c[nH]nn1. The molecule has 1 aromatic heterocycles. The lowest BCUT2D eigenvalue weighted by Crippen LogP contribution is -2.47. The van der Waals surface area contributed by atoms with Crippen molar-refractivity contribution in [3.63, 3.8) is 0 Å². The van der Waals surface area contributed by atoms with E-state index in [1.165, 1.54) is 6.92 Å². The number of hydrogen-bond donors (Lipinski definition) is 3. The summed E-state index contributed by atoms with van der Waals surface area (Å²) in [6.45, 7) is 1.29. The van der Waals surface area contributed by atoms with Gasteiger partial charge in [-0.25, -0.2) is 4.39 Å². The number of nitrogens with one attached hydrogen (secondary N) is 3. The molecule has 3 atom stereocenters. The summed E-state index contributed by atoms with van der Waals surface area (Å²) in [4.78, 5) is 38.7. The van der Waals surface area contributed by atoms with Crippen LogP contribution >= 0.6 is 0 Å². The van der Waals surface area contributed by atoms with Crippen LogP contribution in [0.2, 0.25) is 0 Å². The largest absolute Gasteiger partial charge is 0.419 e. The highest BCUT2D eigenvalue weighted by Gasteiger charge is 2.42. The highest BCUT2D eigenvalue weighted by molar-refractivity contribution is 6.35. The first-order valence-corrected chi connectivity index (χ1v) is 10.4. The maximum atomic E-state index is 13.5. The Morgan fingerprint density at radius 2 is 1.89 bits per heavy atom. The molecule has 9 nitrogen and oxygen atoms in total. The number of rotatable bonds is 5. The number of benzene rings is 1. The van der Waals surface area contributed by atoms with E-state index < -0.39 is 65.9 Å². The first kappa shape index (κ1) is 26.9. The molecule has 1 aliphatic heterocycles. The topological polar surface area (TPSA) is 120 Å². The van der Waals surface area contributed by atoms with Crippen LogP contribution in [-0.2, 0) is 20.6 Å². The molecule has 1 fully saturated rings. The van der Waals surface area contributed by atoms with Crippen LogP contribution in [0.4, 0.5) is 36.4 Å². The van der Waals surface area contributed by atoms with Gasteiger partial charge >= 0.3 is 24.2 Å².